The van der Waals surface area contributed by atoms with Crippen molar-refractivity contribution >= 4 is 53.9 Å². The molecule has 0 heterocycles. The fourth-order valence-corrected chi connectivity index (χ4v) is 8.94. The molecule has 0 aliphatic carbocycles. The Balaban J connectivity index is 1.15. The van der Waals surface area contributed by atoms with Crippen LogP contribution in [0.3, 0.4) is 0 Å². The molecule has 0 bridgehead atoms. The van der Waals surface area contributed by atoms with Crippen LogP contribution in [-0.2, 0) is 0 Å². The fraction of sp³-hybridized carbons (Fsp3) is 0. The van der Waals surface area contributed by atoms with Gasteiger partial charge in [0.1, 0.15) is 0 Å². The highest BCUT2D eigenvalue weighted by Gasteiger charge is 2.19. The maximum absolute atomic E-state index is 2.44. The minimum atomic E-state index is 1.20. The first-order valence-corrected chi connectivity index (χ1v) is 19.4. The Labute approximate surface area is 326 Å². The highest BCUT2D eigenvalue weighted by atomic mass is 14.2. The van der Waals surface area contributed by atoms with Crippen molar-refractivity contribution in [3.8, 4) is 55.6 Å². The topological polar surface area (TPSA) is 0 Å². The maximum atomic E-state index is 2.44. The number of rotatable bonds is 5. The quantitative estimate of drug-likeness (QED) is 0.156. The second kappa shape index (κ2) is 13.2. The summed E-state index contributed by atoms with van der Waals surface area (Å²) in [5.41, 5.74) is 12.3. The van der Waals surface area contributed by atoms with Gasteiger partial charge in [-0.1, -0.05) is 200 Å². The van der Waals surface area contributed by atoms with E-state index in [0.29, 0.717) is 0 Å². The van der Waals surface area contributed by atoms with Crippen LogP contribution >= 0.6 is 0 Å². The maximum Gasteiger partial charge on any atom is -0.00201 e. The van der Waals surface area contributed by atoms with Gasteiger partial charge in [-0.2, -0.15) is 0 Å². The van der Waals surface area contributed by atoms with Crippen LogP contribution in [-0.4, -0.2) is 0 Å². The number of hydrogen-bond donors (Lipinski definition) is 0. The highest BCUT2D eigenvalue weighted by Crippen LogP contribution is 2.47. The first kappa shape index (κ1) is 32.2. The molecule has 11 aromatic rings. The summed E-state index contributed by atoms with van der Waals surface area (Å²) in [7, 11) is 0. The number of benzene rings is 11. The molecule has 0 unspecified atom stereocenters. The van der Waals surface area contributed by atoms with E-state index in [2.05, 4.69) is 218 Å². The van der Waals surface area contributed by atoms with Crippen LogP contribution in [0.15, 0.2) is 218 Å². The first-order valence-electron chi connectivity index (χ1n) is 19.4. The molecule has 0 fully saturated rings. The van der Waals surface area contributed by atoms with Crippen LogP contribution in [0.4, 0.5) is 0 Å². The van der Waals surface area contributed by atoms with Gasteiger partial charge in [0, 0.05) is 0 Å². The Hall–Kier alpha value is -7.28. The lowest BCUT2D eigenvalue weighted by atomic mass is 9.83. The second-order valence-electron chi connectivity index (χ2n) is 14.8. The SMILES string of the molecule is c1cc(-c2ccc3c(-c4cccc5ccccc45)c4ccccc4c(-c4ccc(-c5ccc6ccccc6c5)cc4)c3c2)cc(-c2cccc3ccccc23)c1. The zero-order valence-electron chi connectivity index (χ0n) is 30.8. The van der Waals surface area contributed by atoms with E-state index in [1.54, 1.807) is 0 Å². The van der Waals surface area contributed by atoms with Gasteiger partial charge in [0.05, 0.1) is 0 Å². The molecule has 0 atom stereocenters. The molecule has 0 nitrogen and oxygen atoms in total. The molecule has 0 N–H and O–H groups in total. The molecule has 260 valence electrons. The molecule has 0 radical (unpaired) electrons. The van der Waals surface area contributed by atoms with Crippen molar-refractivity contribution in [1.82, 2.24) is 0 Å². The monoisotopic (exact) mass is 708 g/mol. The zero-order chi connectivity index (χ0) is 37.0. The lowest BCUT2D eigenvalue weighted by Crippen LogP contribution is -1.93. The van der Waals surface area contributed by atoms with E-state index in [0.717, 1.165) is 0 Å². The Bertz CT molecular complexity index is 3280. The predicted octanol–water partition coefficient (Wildman–Crippen LogP) is 15.8. The molecule has 56 heavy (non-hydrogen) atoms. The molecule has 0 aliphatic rings. The zero-order valence-corrected chi connectivity index (χ0v) is 30.8. The van der Waals surface area contributed by atoms with Crippen LogP contribution in [0.2, 0.25) is 0 Å². The highest BCUT2D eigenvalue weighted by molar-refractivity contribution is 6.24. The molecular formula is C56H36. The summed E-state index contributed by atoms with van der Waals surface area (Å²) in [5.74, 6) is 0. The Morgan fingerprint density at radius 3 is 1.39 bits per heavy atom. The Kier molecular flexibility index (Phi) is 7.60. The van der Waals surface area contributed by atoms with Crippen molar-refractivity contribution < 1.29 is 0 Å². The number of fused-ring (bicyclic) bond motifs is 5. The molecule has 0 heteroatoms. The van der Waals surface area contributed by atoms with Gasteiger partial charge in [0.2, 0.25) is 0 Å². The largest absolute Gasteiger partial charge is 0.0616 e. The average Bonchev–Trinajstić information content (AvgIpc) is 3.27. The molecule has 0 spiro atoms. The van der Waals surface area contributed by atoms with Gasteiger partial charge in [-0.3, -0.25) is 0 Å². The summed E-state index contributed by atoms with van der Waals surface area (Å²) < 4.78 is 0. The molecule has 11 aromatic carbocycles. The minimum Gasteiger partial charge on any atom is -0.0616 e. The van der Waals surface area contributed by atoms with E-state index in [-0.39, 0.29) is 0 Å². The molecule has 0 aliphatic heterocycles. The smallest absolute Gasteiger partial charge is 0.00201 e. The van der Waals surface area contributed by atoms with Crippen LogP contribution in [0, 0.1) is 0 Å². The van der Waals surface area contributed by atoms with Gasteiger partial charge in [-0.25, -0.2) is 0 Å². The van der Waals surface area contributed by atoms with E-state index < -0.39 is 0 Å². The average molecular weight is 709 g/mol. The van der Waals surface area contributed by atoms with Gasteiger partial charge in [0.15, 0.2) is 0 Å². The van der Waals surface area contributed by atoms with Gasteiger partial charge in [0.25, 0.3) is 0 Å². The Morgan fingerprint density at radius 2 is 0.643 bits per heavy atom. The van der Waals surface area contributed by atoms with Crippen molar-refractivity contribution in [1.29, 1.82) is 0 Å². The van der Waals surface area contributed by atoms with Crippen LogP contribution in [0.5, 0.6) is 0 Å². The fourth-order valence-electron chi connectivity index (χ4n) is 8.94. The first-order chi connectivity index (χ1) is 27.8. The van der Waals surface area contributed by atoms with Crippen LogP contribution in [0.25, 0.3) is 109 Å². The van der Waals surface area contributed by atoms with E-state index in [4.69, 9.17) is 0 Å². The van der Waals surface area contributed by atoms with Gasteiger partial charge in [-0.15, -0.1) is 0 Å². The van der Waals surface area contributed by atoms with Crippen LogP contribution in [0.1, 0.15) is 0 Å². The van der Waals surface area contributed by atoms with E-state index in [1.807, 2.05) is 0 Å². The lowest BCUT2D eigenvalue weighted by molar-refractivity contribution is 1.61. The molecule has 0 aromatic heterocycles. The third-order valence-corrected chi connectivity index (χ3v) is 11.6. The number of hydrogen-bond acceptors (Lipinski definition) is 0. The molecule has 0 amide bonds. The van der Waals surface area contributed by atoms with E-state index in [9.17, 15) is 0 Å². The summed E-state index contributed by atoms with van der Waals surface area (Å²) in [4.78, 5) is 0. The van der Waals surface area contributed by atoms with Gasteiger partial charge < -0.3 is 0 Å². The van der Waals surface area contributed by atoms with Crippen molar-refractivity contribution in [3.05, 3.63) is 218 Å². The van der Waals surface area contributed by atoms with Crippen molar-refractivity contribution in [2.24, 2.45) is 0 Å². The normalized spacial score (nSPS) is 11.6. The lowest BCUT2D eigenvalue weighted by Gasteiger charge is -2.20. The third kappa shape index (κ3) is 5.38. The van der Waals surface area contributed by atoms with Gasteiger partial charge >= 0.3 is 0 Å². The summed E-state index contributed by atoms with van der Waals surface area (Å²) in [6.07, 6.45) is 0. The van der Waals surface area contributed by atoms with Crippen molar-refractivity contribution in [2.75, 3.05) is 0 Å². The van der Waals surface area contributed by atoms with Crippen LogP contribution < -0.4 is 0 Å². The van der Waals surface area contributed by atoms with Gasteiger partial charge in [-0.05, 0) is 128 Å². The van der Waals surface area contributed by atoms with Crippen molar-refractivity contribution in [2.45, 2.75) is 0 Å². The van der Waals surface area contributed by atoms with E-state index >= 15 is 0 Å². The summed E-state index contributed by atoms with van der Waals surface area (Å²) >= 11 is 0. The standard InChI is InChI=1S/C56H36/c1-2-15-42-34-44(31-28-37(42)12-1)38-26-29-41(30-27-38)55-51-22-7-8-23-52(51)56(50-25-11-17-40-14-4-6-21-48(40)50)53-33-32-45(36-54(53)55)43-18-9-19-46(35-43)49-24-10-16-39-13-3-5-20-47(39)49/h1-36H. The molecule has 0 saturated heterocycles. The van der Waals surface area contributed by atoms with Crippen molar-refractivity contribution in [3.63, 3.8) is 0 Å². The summed E-state index contributed by atoms with van der Waals surface area (Å²) in [6, 6.07) is 80.4. The predicted molar refractivity (Wildman–Crippen MR) is 241 cm³/mol. The molecule has 11 rings (SSSR count). The Morgan fingerprint density at radius 1 is 0.179 bits per heavy atom. The minimum absolute atomic E-state index is 1.20. The summed E-state index contributed by atoms with van der Waals surface area (Å²) in [5, 5.41) is 12.6. The molecule has 0 saturated carbocycles. The van der Waals surface area contributed by atoms with E-state index in [1.165, 1.54) is 109 Å². The summed E-state index contributed by atoms with van der Waals surface area (Å²) in [6.45, 7) is 0. The third-order valence-electron chi connectivity index (χ3n) is 11.6. The molecular weight excluding hydrogens is 673 g/mol. The second-order valence-corrected chi connectivity index (χ2v) is 14.8.